The highest BCUT2D eigenvalue weighted by Crippen LogP contribution is 2.58. The molecule has 0 unspecified atom stereocenters. The predicted octanol–water partition coefficient (Wildman–Crippen LogP) is 9.78. The Balaban J connectivity index is 1.70. The first-order valence-electron chi connectivity index (χ1n) is 12.6. The summed E-state index contributed by atoms with van der Waals surface area (Å²) in [7, 11) is 0. The lowest BCUT2D eigenvalue weighted by Gasteiger charge is -2.34. The molecule has 1 aliphatic rings. The Hall–Kier alpha value is -3.42. The van der Waals surface area contributed by atoms with E-state index in [2.05, 4.69) is 158 Å². The van der Waals surface area contributed by atoms with Gasteiger partial charge in [0.05, 0.1) is 5.41 Å². The van der Waals surface area contributed by atoms with Gasteiger partial charge in [-0.25, -0.2) is 0 Å². The molecular formula is C35H29Br. The van der Waals surface area contributed by atoms with Gasteiger partial charge in [-0.05, 0) is 67.6 Å². The van der Waals surface area contributed by atoms with E-state index in [0.29, 0.717) is 0 Å². The van der Waals surface area contributed by atoms with Gasteiger partial charge in [0.25, 0.3) is 0 Å². The minimum absolute atomic E-state index is 0.131. The summed E-state index contributed by atoms with van der Waals surface area (Å²) in [4.78, 5) is 0. The third kappa shape index (κ3) is 3.49. The van der Waals surface area contributed by atoms with E-state index in [1.54, 1.807) is 0 Å². The molecule has 0 fully saturated rings. The fourth-order valence-corrected chi connectivity index (χ4v) is 6.26. The summed E-state index contributed by atoms with van der Waals surface area (Å²) in [6, 6.07) is 44.7. The molecule has 0 bridgehead atoms. The summed E-state index contributed by atoms with van der Waals surface area (Å²) in [6.07, 6.45) is 0. The zero-order chi connectivity index (χ0) is 24.9. The van der Waals surface area contributed by atoms with Crippen molar-refractivity contribution in [1.82, 2.24) is 0 Å². The van der Waals surface area contributed by atoms with Crippen LogP contribution in [0, 0.1) is 0 Å². The number of halogens is 1. The average molecular weight is 530 g/mol. The van der Waals surface area contributed by atoms with Crippen LogP contribution in [0.15, 0.2) is 126 Å². The van der Waals surface area contributed by atoms with E-state index < -0.39 is 5.41 Å². The van der Waals surface area contributed by atoms with Crippen molar-refractivity contribution in [2.75, 3.05) is 0 Å². The van der Waals surface area contributed by atoms with E-state index in [1.807, 2.05) is 0 Å². The van der Waals surface area contributed by atoms with Crippen molar-refractivity contribution in [1.29, 1.82) is 0 Å². The minimum atomic E-state index is -0.391. The van der Waals surface area contributed by atoms with Gasteiger partial charge in [-0.2, -0.15) is 0 Å². The molecule has 6 rings (SSSR count). The number of rotatable bonds is 3. The Morgan fingerprint density at radius 1 is 0.556 bits per heavy atom. The molecule has 0 saturated carbocycles. The van der Waals surface area contributed by atoms with E-state index in [1.165, 1.54) is 50.1 Å². The smallest absolute Gasteiger partial charge is 0.0622 e. The van der Waals surface area contributed by atoms with E-state index in [-0.39, 0.29) is 5.41 Å². The maximum absolute atomic E-state index is 3.80. The summed E-state index contributed by atoms with van der Waals surface area (Å²) in [5.74, 6) is 0. The van der Waals surface area contributed by atoms with Crippen LogP contribution in [0.3, 0.4) is 0 Å². The highest BCUT2D eigenvalue weighted by atomic mass is 79.9. The lowest BCUT2D eigenvalue weighted by atomic mass is 9.67. The first-order valence-corrected chi connectivity index (χ1v) is 13.4. The standard InChI is InChI=1S/C35H29Br/c1-34(2,3)25-19-17-24(18-20-25)29-15-10-16-31-33(29)30-22-21-28(36)23-32(30)35(31,26-11-6-4-7-12-26)27-13-8-5-9-14-27/h4-23H,1-3H3. The summed E-state index contributed by atoms with van der Waals surface area (Å²) in [5, 5.41) is 0. The molecule has 176 valence electrons. The normalized spacial score (nSPS) is 13.8. The Kier molecular flexibility index (Phi) is 5.50. The van der Waals surface area contributed by atoms with Gasteiger partial charge < -0.3 is 0 Å². The van der Waals surface area contributed by atoms with Crippen LogP contribution in [0.5, 0.6) is 0 Å². The van der Waals surface area contributed by atoms with Crippen LogP contribution in [0.4, 0.5) is 0 Å². The van der Waals surface area contributed by atoms with Crippen molar-refractivity contribution in [3.05, 3.63) is 154 Å². The van der Waals surface area contributed by atoms with Gasteiger partial charge >= 0.3 is 0 Å². The molecule has 0 heterocycles. The van der Waals surface area contributed by atoms with Gasteiger partial charge in [-0.3, -0.25) is 0 Å². The molecule has 0 nitrogen and oxygen atoms in total. The van der Waals surface area contributed by atoms with Gasteiger partial charge in [0.15, 0.2) is 0 Å². The van der Waals surface area contributed by atoms with Gasteiger partial charge in [0, 0.05) is 4.47 Å². The lowest BCUT2D eigenvalue weighted by molar-refractivity contribution is 0.590. The third-order valence-corrected chi connectivity index (χ3v) is 8.09. The maximum Gasteiger partial charge on any atom is 0.0714 e. The zero-order valence-electron chi connectivity index (χ0n) is 20.9. The molecule has 0 aliphatic heterocycles. The van der Waals surface area contributed by atoms with E-state index in [4.69, 9.17) is 0 Å². The lowest BCUT2D eigenvalue weighted by Crippen LogP contribution is -2.28. The van der Waals surface area contributed by atoms with Crippen LogP contribution in [-0.2, 0) is 10.8 Å². The largest absolute Gasteiger partial charge is 0.0714 e. The topological polar surface area (TPSA) is 0 Å². The predicted molar refractivity (Wildman–Crippen MR) is 156 cm³/mol. The summed E-state index contributed by atoms with van der Waals surface area (Å²) < 4.78 is 1.10. The van der Waals surface area contributed by atoms with Gasteiger partial charge in [-0.15, -0.1) is 0 Å². The quantitative estimate of drug-likeness (QED) is 0.214. The molecule has 36 heavy (non-hydrogen) atoms. The van der Waals surface area contributed by atoms with E-state index in [9.17, 15) is 0 Å². The summed E-state index contributed by atoms with van der Waals surface area (Å²) in [6.45, 7) is 6.80. The molecule has 5 aromatic rings. The first kappa shape index (κ1) is 23.0. The molecule has 0 spiro atoms. The van der Waals surface area contributed by atoms with Gasteiger partial charge in [0.1, 0.15) is 0 Å². The first-order chi connectivity index (χ1) is 17.4. The number of benzene rings is 5. The summed E-state index contributed by atoms with van der Waals surface area (Å²) in [5.41, 5.74) is 11.5. The fourth-order valence-electron chi connectivity index (χ4n) is 5.90. The van der Waals surface area contributed by atoms with E-state index >= 15 is 0 Å². The number of hydrogen-bond acceptors (Lipinski definition) is 0. The SMILES string of the molecule is CC(C)(C)c1ccc(-c2cccc3c2-c2ccc(Br)cc2C3(c2ccccc2)c2ccccc2)cc1. The molecular weight excluding hydrogens is 500 g/mol. The second-order valence-corrected chi connectivity index (χ2v) is 11.6. The molecule has 0 atom stereocenters. The minimum Gasteiger partial charge on any atom is -0.0622 e. The average Bonchev–Trinajstić information content (AvgIpc) is 3.19. The second-order valence-electron chi connectivity index (χ2n) is 10.7. The van der Waals surface area contributed by atoms with E-state index in [0.717, 1.165) is 4.47 Å². The fraction of sp³-hybridized carbons (Fsp3) is 0.143. The Morgan fingerprint density at radius 2 is 1.17 bits per heavy atom. The molecule has 0 aromatic heterocycles. The maximum atomic E-state index is 3.80. The number of hydrogen-bond donors (Lipinski definition) is 0. The van der Waals surface area contributed by atoms with Gasteiger partial charge in [0.2, 0.25) is 0 Å². The highest BCUT2D eigenvalue weighted by Gasteiger charge is 2.46. The highest BCUT2D eigenvalue weighted by molar-refractivity contribution is 9.10. The van der Waals surface area contributed by atoms with Crippen molar-refractivity contribution < 1.29 is 0 Å². The molecule has 0 radical (unpaired) electrons. The Bertz CT molecular complexity index is 1500. The molecule has 0 amide bonds. The monoisotopic (exact) mass is 528 g/mol. The van der Waals surface area contributed by atoms with Gasteiger partial charge in [-0.1, -0.05) is 146 Å². The van der Waals surface area contributed by atoms with Crippen LogP contribution in [0.25, 0.3) is 22.3 Å². The van der Waals surface area contributed by atoms with Crippen molar-refractivity contribution in [3.63, 3.8) is 0 Å². The second kappa shape index (κ2) is 8.61. The number of fused-ring (bicyclic) bond motifs is 3. The summed E-state index contributed by atoms with van der Waals surface area (Å²) >= 11 is 3.80. The van der Waals surface area contributed by atoms with Crippen LogP contribution in [0.1, 0.15) is 48.6 Å². The molecule has 5 aromatic carbocycles. The van der Waals surface area contributed by atoms with Crippen molar-refractivity contribution in [3.8, 4) is 22.3 Å². The van der Waals surface area contributed by atoms with Crippen molar-refractivity contribution >= 4 is 15.9 Å². The molecule has 0 saturated heterocycles. The molecule has 1 heteroatoms. The van der Waals surface area contributed by atoms with Crippen LogP contribution in [0.2, 0.25) is 0 Å². The van der Waals surface area contributed by atoms with Crippen LogP contribution in [-0.4, -0.2) is 0 Å². The zero-order valence-corrected chi connectivity index (χ0v) is 22.5. The molecule has 1 aliphatic carbocycles. The van der Waals surface area contributed by atoms with Crippen molar-refractivity contribution in [2.24, 2.45) is 0 Å². The third-order valence-electron chi connectivity index (χ3n) is 7.60. The Labute approximate surface area is 222 Å². The van der Waals surface area contributed by atoms with Crippen molar-refractivity contribution in [2.45, 2.75) is 31.6 Å². The van der Waals surface area contributed by atoms with Crippen LogP contribution >= 0.6 is 15.9 Å². The Morgan fingerprint density at radius 3 is 1.75 bits per heavy atom. The van der Waals surface area contributed by atoms with Crippen LogP contribution < -0.4 is 0 Å². The molecule has 0 N–H and O–H groups in total.